The fourth-order valence-electron chi connectivity index (χ4n) is 2.66. The van der Waals surface area contributed by atoms with Crippen LogP contribution in [0.3, 0.4) is 0 Å². The Morgan fingerprint density at radius 2 is 1.79 bits per heavy atom. The maximum Gasteiger partial charge on any atom is 0.148 e. The van der Waals surface area contributed by atoms with E-state index in [9.17, 15) is 4.39 Å². The molecule has 0 spiro atoms. The minimum Gasteiger partial charge on any atom is -0.397 e. The minimum absolute atomic E-state index is 0.294. The van der Waals surface area contributed by atoms with Crippen LogP contribution < -0.4 is 10.6 Å². The second kappa shape index (κ2) is 7.20. The topological polar surface area (TPSA) is 44.9 Å². The van der Waals surface area contributed by atoms with Crippen molar-refractivity contribution in [1.82, 2.24) is 4.90 Å². The van der Waals surface area contributed by atoms with E-state index in [0.29, 0.717) is 22.1 Å². The fraction of sp³-hybridized carbons (Fsp3) is 0.278. The Labute approximate surface area is 146 Å². The molecule has 1 heterocycles. The van der Waals surface area contributed by atoms with Gasteiger partial charge in [0.1, 0.15) is 5.82 Å². The number of piperazine rings is 1. The highest BCUT2D eigenvalue weighted by Gasteiger charge is 2.18. The van der Waals surface area contributed by atoms with E-state index in [1.54, 1.807) is 24.4 Å². The van der Waals surface area contributed by atoms with Crippen LogP contribution in [-0.4, -0.2) is 44.3 Å². The first-order valence-corrected chi connectivity index (χ1v) is 8.23. The molecule has 2 N–H and O–H groups in total. The standard InChI is InChI=1S/C18H20ClFN4/c1-23-6-8-24(9-7-23)18-11-16(21)17(10-15(18)20)22-12-13-2-4-14(19)5-3-13/h2-5,10-12H,6-9,21H2,1H3. The van der Waals surface area contributed by atoms with Crippen LogP contribution in [0.1, 0.15) is 5.56 Å². The predicted molar refractivity (Wildman–Crippen MR) is 99.2 cm³/mol. The van der Waals surface area contributed by atoms with E-state index in [4.69, 9.17) is 17.3 Å². The highest BCUT2D eigenvalue weighted by atomic mass is 35.5. The zero-order chi connectivity index (χ0) is 17.1. The number of anilines is 2. The maximum atomic E-state index is 14.5. The van der Waals surface area contributed by atoms with Crippen molar-refractivity contribution >= 4 is 34.9 Å². The molecule has 0 amide bonds. The lowest BCUT2D eigenvalue weighted by Crippen LogP contribution is -2.44. The molecule has 2 aromatic carbocycles. The molecule has 0 unspecified atom stereocenters. The number of halogens is 2. The maximum absolute atomic E-state index is 14.5. The first kappa shape index (κ1) is 16.7. The summed E-state index contributed by atoms with van der Waals surface area (Å²) in [6.07, 6.45) is 1.65. The SMILES string of the molecule is CN1CCN(c2cc(N)c(N=Cc3ccc(Cl)cc3)cc2F)CC1. The van der Waals surface area contributed by atoms with Gasteiger partial charge in [-0.3, -0.25) is 4.99 Å². The van der Waals surface area contributed by atoms with Crippen LogP contribution >= 0.6 is 11.6 Å². The summed E-state index contributed by atoms with van der Waals surface area (Å²) in [5, 5.41) is 0.661. The van der Waals surface area contributed by atoms with Crippen LogP contribution in [0.15, 0.2) is 41.4 Å². The average Bonchev–Trinajstić information content (AvgIpc) is 2.57. The monoisotopic (exact) mass is 346 g/mol. The van der Waals surface area contributed by atoms with Crippen molar-refractivity contribution < 1.29 is 4.39 Å². The van der Waals surface area contributed by atoms with E-state index in [1.165, 1.54) is 6.07 Å². The van der Waals surface area contributed by atoms with Crippen LogP contribution in [-0.2, 0) is 0 Å². The third-order valence-corrected chi connectivity index (χ3v) is 4.41. The van der Waals surface area contributed by atoms with Gasteiger partial charge in [0.25, 0.3) is 0 Å². The van der Waals surface area contributed by atoms with E-state index < -0.39 is 0 Å². The largest absolute Gasteiger partial charge is 0.397 e. The van der Waals surface area contributed by atoms with Crippen LogP contribution in [0.4, 0.5) is 21.5 Å². The summed E-state index contributed by atoms with van der Waals surface area (Å²) in [5.74, 6) is -0.294. The number of benzene rings is 2. The highest BCUT2D eigenvalue weighted by molar-refractivity contribution is 6.30. The third kappa shape index (κ3) is 3.86. The molecule has 24 heavy (non-hydrogen) atoms. The van der Waals surface area contributed by atoms with Gasteiger partial charge >= 0.3 is 0 Å². The fourth-order valence-corrected chi connectivity index (χ4v) is 2.79. The van der Waals surface area contributed by atoms with E-state index in [-0.39, 0.29) is 5.82 Å². The van der Waals surface area contributed by atoms with Gasteiger partial charge in [0.2, 0.25) is 0 Å². The Kier molecular flexibility index (Phi) is 5.02. The van der Waals surface area contributed by atoms with E-state index in [0.717, 1.165) is 31.7 Å². The van der Waals surface area contributed by atoms with Crippen molar-refractivity contribution in [3.05, 3.63) is 52.8 Å². The molecule has 6 heteroatoms. The molecule has 0 radical (unpaired) electrons. The molecule has 4 nitrogen and oxygen atoms in total. The second-order valence-electron chi connectivity index (χ2n) is 5.96. The molecule has 0 aromatic heterocycles. The molecule has 1 saturated heterocycles. The molecular weight excluding hydrogens is 327 g/mol. The first-order valence-electron chi connectivity index (χ1n) is 7.85. The van der Waals surface area contributed by atoms with Crippen LogP contribution in [0.25, 0.3) is 0 Å². The van der Waals surface area contributed by atoms with Crippen LogP contribution in [0, 0.1) is 5.82 Å². The predicted octanol–water partition coefficient (Wildman–Crippen LogP) is 3.56. The van der Waals surface area contributed by atoms with Gasteiger partial charge in [-0.25, -0.2) is 4.39 Å². The Bertz CT molecular complexity index is 737. The number of nitrogens with two attached hydrogens (primary N) is 1. The van der Waals surface area contributed by atoms with Gasteiger partial charge in [0.15, 0.2) is 0 Å². The van der Waals surface area contributed by atoms with Crippen LogP contribution in [0.5, 0.6) is 0 Å². The summed E-state index contributed by atoms with van der Waals surface area (Å²) in [7, 11) is 2.07. The number of hydrogen-bond acceptors (Lipinski definition) is 4. The van der Waals surface area contributed by atoms with Gasteiger partial charge in [-0.2, -0.15) is 0 Å². The lowest BCUT2D eigenvalue weighted by molar-refractivity contribution is 0.312. The van der Waals surface area contributed by atoms with Crippen molar-refractivity contribution in [3.8, 4) is 0 Å². The third-order valence-electron chi connectivity index (χ3n) is 4.16. The lowest BCUT2D eigenvalue weighted by Gasteiger charge is -2.34. The van der Waals surface area contributed by atoms with E-state index in [2.05, 4.69) is 16.9 Å². The summed E-state index contributed by atoms with van der Waals surface area (Å²) in [4.78, 5) is 8.56. The average molecular weight is 347 g/mol. The van der Waals surface area contributed by atoms with Crippen molar-refractivity contribution in [2.45, 2.75) is 0 Å². The van der Waals surface area contributed by atoms with Gasteiger partial charge < -0.3 is 15.5 Å². The zero-order valence-corrected chi connectivity index (χ0v) is 14.3. The molecule has 1 aliphatic rings. The van der Waals surface area contributed by atoms with Gasteiger partial charge in [0.05, 0.1) is 17.1 Å². The summed E-state index contributed by atoms with van der Waals surface area (Å²) in [6.45, 7) is 3.41. The molecule has 1 fully saturated rings. The summed E-state index contributed by atoms with van der Waals surface area (Å²) in [6, 6.07) is 10.3. The Hall–Kier alpha value is -2.11. The van der Waals surface area contributed by atoms with Crippen LogP contribution in [0.2, 0.25) is 5.02 Å². The quantitative estimate of drug-likeness (QED) is 0.682. The Morgan fingerprint density at radius 3 is 2.46 bits per heavy atom. The Balaban J connectivity index is 1.80. The lowest BCUT2D eigenvalue weighted by atomic mass is 10.2. The molecule has 0 aliphatic carbocycles. The molecule has 0 bridgehead atoms. The Morgan fingerprint density at radius 1 is 1.12 bits per heavy atom. The van der Waals surface area contributed by atoms with Gasteiger partial charge in [0, 0.05) is 43.5 Å². The zero-order valence-electron chi connectivity index (χ0n) is 13.5. The molecule has 1 aliphatic heterocycles. The summed E-state index contributed by atoms with van der Waals surface area (Å²) >= 11 is 5.85. The summed E-state index contributed by atoms with van der Waals surface area (Å²) in [5.41, 5.74) is 8.40. The van der Waals surface area contributed by atoms with Gasteiger partial charge in [-0.1, -0.05) is 23.7 Å². The van der Waals surface area contributed by atoms with Crippen molar-refractivity contribution in [3.63, 3.8) is 0 Å². The molecular formula is C18H20ClFN4. The van der Waals surface area contributed by atoms with Crippen molar-refractivity contribution in [2.24, 2.45) is 4.99 Å². The summed E-state index contributed by atoms with van der Waals surface area (Å²) < 4.78 is 14.5. The van der Waals surface area contributed by atoms with E-state index in [1.807, 2.05) is 17.0 Å². The number of rotatable bonds is 3. The molecule has 126 valence electrons. The second-order valence-corrected chi connectivity index (χ2v) is 6.40. The van der Waals surface area contributed by atoms with E-state index >= 15 is 0 Å². The van der Waals surface area contributed by atoms with Crippen molar-refractivity contribution in [1.29, 1.82) is 0 Å². The number of nitrogens with zero attached hydrogens (tertiary/aromatic N) is 3. The molecule has 0 atom stereocenters. The number of aliphatic imine (C=N–C) groups is 1. The number of likely N-dealkylation sites (N-methyl/N-ethyl adjacent to an activating group) is 1. The number of hydrogen-bond donors (Lipinski definition) is 1. The first-order chi connectivity index (χ1) is 11.5. The van der Waals surface area contributed by atoms with Gasteiger partial charge in [-0.05, 0) is 30.8 Å². The van der Waals surface area contributed by atoms with Gasteiger partial charge in [-0.15, -0.1) is 0 Å². The highest BCUT2D eigenvalue weighted by Crippen LogP contribution is 2.31. The van der Waals surface area contributed by atoms with Crippen molar-refractivity contribution in [2.75, 3.05) is 43.9 Å². The molecule has 3 rings (SSSR count). The normalized spacial score (nSPS) is 16.0. The molecule has 0 saturated carbocycles. The minimum atomic E-state index is -0.294. The smallest absolute Gasteiger partial charge is 0.148 e. The number of nitrogen functional groups attached to an aromatic ring is 1. The molecule has 2 aromatic rings.